The van der Waals surface area contributed by atoms with E-state index in [1.54, 1.807) is 0 Å². The van der Waals surface area contributed by atoms with Crippen molar-refractivity contribution in [2.45, 2.75) is 20.3 Å². The van der Waals surface area contributed by atoms with Gasteiger partial charge in [-0.2, -0.15) is 0 Å². The summed E-state index contributed by atoms with van der Waals surface area (Å²) in [7, 11) is 17.6. The summed E-state index contributed by atoms with van der Waals surface area (Å²) in [6.07, 6.45) is 8.48. The number of hydrogen-bond donors (Lipinski definition) is 0. The molecule has 2 aromatic heterocycles. The van der Waals surface area contributed by atoms with Gasteiger partial charge in [0.25, 0.3) is 0 Å². The molecule has 0 N–H and O–H groups in total. The third-order valence-electron chi connectivity index (χ3n) is 10.4. The normalized spacial score (nSPS) is 17.6. The van der Waals surface area contributed by atoms with Crippen LogP contribution in [0.5, 0.6) is 0 Å². The van der Waals surface area contributed by atoms with E-state index in [9.17, 15) is 0 Å². The van der Waals surface area contributed by atoms with Gasteiger partial charge in [-0.1, -0.05) is 0 Å². The minimum atomic E-state index is -5.15. The van der Waals surface area contributed by atoms with Gasteiger partial charge in [0.1, 0.15) is 0 Å². The fourth-order valence-corrected chi connectivity index (χ4v) is 38.2. The summed E-state index contributed by atoms with van der Waals surface area (Å²) in [5, 5.41) is 0. The van der Waals surface area contributed by atoms with Crippen molar-refractivity contribution < 1.29 is 15.6 Å². The second-order valence-electron chi connectivity index (χ2n) is 13.2. The van der Waals surface area contributed by atoms with E-state index < -0.39 is 21.5 Å². The van der Waals surface area contributed by atoms with Gasteiger partial charge < -0.3 is 0 Å². The Hall–Kier alpha value is -3.66. The molecule has 2 aliphatic carbocycles. The maximum atomic E-state index is 8.81. The van der Waals surface area contributed by atoms with Crippen LogP contribution in [-0.2, 0) is 15.6 Å². The first-order chi connectivity index (χ1) is 23.4. The number of hydrogen-bond acceptors (Lipinski definition) is 2. The number of fused-ring (bicyclic) bond motifs is 2. The predicted octanol–water partition coefficient (Wildman–Crippen LogP) is 11.7. The summed E-state index contributed by atoms with van der Waals surface area (Å²) in [6, 6.07) is 47.0. The topological polar surface area (TPSA) is 25.8 Å². The molecule has 6 heteroatoms. The van der Waals surface area contributed by atoms with Crippen LogP contribution in [0.2, 0.25) is 13.1 Å². The number of halogens is 2. The summed E-state index contributed by atoms with van der Waals surface area (Å²) in [4.78, 5) is 9.55. The molecule has 8 rings (SSSR count). The van der Waals surface area contributed by atoms with E-state index in [0.29, 0.717) is 0 Å². The Morgan fingerprint density at radius 2 is 0.917 bits per heavy atom. The van der Waals surface area contributed by atoms with Crippen LogP contribution in [-0.4, -0.2) is 15.9 Å². The molecule has 235 valence electrons. The first-order valence-electron chi connectivity index (χ1n) is 16.6. The Morgan fingerprint density at radius 1 is 0.500 bits per heavy atom. The number of rotatable bonds is 7. The molecule has 0 saturated heterocycles. The molecule has 2 aliphatic rings. The molecule has 0 aliphatic heterocycles. The van der Waals surface area contributed by atoms with Crippen molar-refractivity contribution in [1.82, 2.24) is 9.97 Å². The average Bonchev–Trinajstić information content (AvgIpc) is 3.74. The van der Waals surface area contributed by atoms with Gasteiger partial charge in [0, 0.05) is 0 Å². The van der Waals surface area contributed by atoms with Gasteiger partial charge in [-0.25, -0.2) is 0 Å². The molecule has 0 saturated carbocycles. The van der Waals surface area contributed by atoms with Gasteiger partial charge in [-0.05, 0) is 0 Å². The number of aromatic nitrogens is 2. The third-order valence-corrected chi connectivity index (χ3v) is 62.0. The Balaban J connectivity index is 1.43. The van der Waals surface area contributed by atoms with Crippen molar-refractivity contribution in [3.63, 3.8) is 0 Å². The zero-order chi connectivity index (χ0) is 32.9. The molecule has 6 aromatic rings. The van der Waals surface area contributed by atoms with Crippen LogP contribution >= 0.6 is 17.0 Å². The summed E-state index contributed by atoms with van der Waals surface area (Å²) in [5.41, 5.74) is 13.8. The van der Waals surface area contributed by atoms with E-state index in [-0.39, 0.29) is 7.25 Å². The van der Waals surface area contributed by atoms with E-state index in [2.05, 4.69) is 147 Å². The van der Waals surface area contributed by atoms with Gasteiger partial charge in [-0.15, -0.1) is 0 Å². The summed E-state index contributed by atoms with van der Waals surface area (Å²) in [6.45, 7) is 4.80. The van der Waals surface area contributed by atoms with E-state index in [1.165, 1.54) is 44.5 Å². The quantitative estimate of drug-likeness (QED) is 0.152. The standard InChI is InChI=1S/2C20H14N.C2H7Si.2ClH.Zr/c2*1-2-7-15(8-3-1)17-13-16-9-6-10-18(19(16)14-17)20-11-4-5-12-21-20;1-3-2;;;/h2*1-14H;3H,1-2H3;2*1H;/q;;;;;+2/p-2. The van der Waals surface area contributed by atoms with E-state index in [4.69, 9.17) is 27.0 Å². The Bertz CT molecular complexity index is 2050. The molecule has 0 bridgehead atoms. The molecule has 0 spiro atoms. The zero-order valence-corrected chi connectivity index (χ0v) is 32.0. The minimum absolute atomic E-state index is 0.107. The van der Waals surface area contributed by atoms with Crippen molar-refractivity contribution in [3.8, 4) is 22.5 Å². The molecule has 0 fully saturated rings. The fourth-order valence-electron chi connectivity index (χ4n) is 8.08. The van der Waals surface area contributed by atoms with Crippen molar-refractivity contribution in [3.05, 3.63) is 179 Å². The van der Waals surface area contributed by atoms with Crippen LogP contribution in [0, 0.1) is 0 Å². The predicted molar refractivity (Wildman–Crippen MR) is 204 cm³/mol. The van der Waals surface area contributed by atoms with Gasteiger partial charge in [0.05, 0.1) is 0 Å². The van der Waals surface area contributed by atoms with Crippen molar-refractivity contribution in [1.29, 1.82) is 0 Å². The van der Waals surface area contributed by atoms with E-state index >= 15 is 0 Å². The molecule has 0 amide bonds. The SMILES string of the molecule is C[SiH](C)[Zr]([Cl])([Cl])([CH]1C(c2ccccc2)=Cc2c(-c3ccccn3)cccc21)[CH]1C(c2ccccc2)=Cc2c(-c3ccccn3)cccc21. The number of benzene rings is 4. The first kappa shape index (κ1) is 31.6. The van der Waals surface area contributed by atoms with Crippen LogP contribution in [0.1, 0.15) is 40.6 Å². The Morgan fingerprint density at radius 3 is 1.29 bits per heavy atom. The molecule has 2 heterocycles. The molecule has 0 radical (unpaired) electrons. The summed E-state index contributed by atoms with van der Waals surface area (Å²) < 4.78 is -0.215. The first-order valence-corrected chi connectivity index (χ1v) is 32.9. The van der Waals surface area contributed by atoms with Crippen molar-refractivity contribution in [2.75, 3.05) is 0 Å². The Labute approximate surface area is 291 Å². The fraction of sp³-hybridized carbons (Fsp3) is 0.0952. The molecular weight excluding hydrogens is 723 g/mol. The van der Waals surface area contributed by atoms with Crippen LogP contribution in [0.3, 0.4) is 0 Å². The van der Waals surface area contributed by atoms with E-state index in [1.807, 2.05) is 24.5 Å². The van der Waals surface area contributed by atoms with Gasteiger partial charge in [-0.3, -0.25) is 0 Å². The molecular formula is C42H35Cl2N2SiZr. The van der Waals surface area contributed by atoms with Gasteiger partial charge in [0.15, 0.2) is 0 Å². The van der Waals surface area contributed by atoms with Crippen LogP contribution in [0.4, 0.5) is 0 Å². The molecule has 4 aromatic carbocycles. The van der Waals surface area contributed by atoms with Crippen LogP contribution in [0.15, 0.2) is 146 Å². The van der Waals surface area contributed by atoms with Crippen LogP contribution < -0.4 is 0 Å². The second kappa shape index (κ2) is 12.3. The molecule has 48 heavy (non-hydrogen) atoms. The van der Waals surface area contributed by atoms with E-state index in [0.717, 1.165) is 22.5 Å². The molecule has 2 atom stereocenters. The number of allylic oxidation sites excluding steroid dienone is 2. The molecule has 2 unspecified atom stereocenters. The van der Waals surface area contributed by atoms with Gasteiger partial charge >= 0.3 is 294 Å². The molecule has 2 nitrogen and oxygen atoms in total. The zero-order valence-electron chi connectivity index (χ0n) is 26.9. The summed E-state index contributed by atoms with van der Waals surface area (Å²) >= 11 is -5.15. The monoisotopic (exact) mass is 755 g/mol. The Kier molecular flexibility index (Phi) is 8.13. The van der Waals surface area contributed by atoms with Crippen molar-refractivity contribution in [2.24, 2.45) is 0 Å². The number of pyridine rings is 2. The third kappa shape index (κ3) is 5.00. The number of nitrogens with zero attached hydrogens (tertiary/aromatic N) is 2. The second-order valence-corrected chi connectivity index (χ2v) is 55.7. The van der Waals surface area contributed by atoms with Crippen molar-refractivity contribution >= 4 is 46.2 Å². The van der Waals surface area contributed by atoms with Crippen LogP contribution in [0.25, 0.3) is 45.8 Å². The average molecular weight is 758 g/mol. The van der Waals surface area contributed by atoms with Gasteiger partial charge in [0.2, 0.25) is 0 Å². The maximum absolute atomic E-state index is 8.81. The summed E-state index contributed by atoms with van der Waals surface area (Å²) in [5.74, 6) is -1.81.